The van der Waals surface area contributed by atoms with Gasteiger partial charge in [0, 0.05) is 12.6 Å². The van der Waals surface area contributed by atoms with Crippen molar-refractivity contribution >= 4 is 27.3 Å². The number of thiophene rings is 1. The van der Waals surface area contributed by atoms with Gasteiger partial charge in [0.2, 0.25) is 10.0 Å². The summed E-state index contributed by atoms with van der Waals surface area (Å²) in [6.45, 7) is 4.00. The monoisotopic (exact) mass is 320 g/mol. The normalized spacial score (nSPS) is 13.5. The van der Waals surface area contributed by atoms with E-state index >= 15 is 0 Å². The van der Waals surface area contributed by atoms with Crippen LogP contribution < -0.4 is 4.72 Å². The maximum atomic E-state index is 12.4. The number of nitrogens with one attached hydrogen (secondary N) is 1. The summed E-state index contributed by atoms with van der Waals surface area (Å²) in [4.78, 5) is 13.6. The molecule has 1 atom stereocenters. The Hall–Kier alpha value is -0.960. The highest BCUT2D eigenvalue weighted by Gasteiger charge is 2.28. The first-order valence-corrected chi connectivity index (χ1v) is 8.38. The van der Waals surface area contributed by atoms with Crippen LogP contribution >= 0.6 is 11.3 Å². The molecule has 114 valence electrons. The summed E-state index contributed by atoms with van der Waals surface area (Å²) in [5.41, 5.74) is 0.542. The molecule has 1 heterocycles. The van der Waals surface area contributed by atoms with Gasteiger partial charge in [0.05, 0.1) is 7.11 Å². The van der Waals surface area contributed by atoms with Gasteiger partial charge in [-0.15, -0.1) is 11.3 Å². The number of likely N-dealkylation sites (N-methyl/N-ethyl adjacent to an activating group) is 1. The first-order chi connectivity index (χ1) is 9.19. The molecular weight excluding hydrogens is 300 g/mol. The number of hydrogen-bond donors (Lipinski definition) is 1. The second kappa shape index (κ2) is 6.66. The summed E-state index contributed by atoms with van der Waals surface area (Å²) in [5.74, 6) is -0.635. The van der Waals surface area contributed by atoms with Crippen molar-refractivity contribution in [2.75, 3.05) is 27.7 Å². The molecule has 20 heavy (non-hydrogen) atoms. The van der Waals surface area contributed by atoms with E-state index in [9.17, 15) is 13.2 Å². The topological polar surface area (TPSA) is 75.7 Å². The molecule has 8 heteroatoms. The molecule has 6 nitrogen and oxygen atoms in total. The number of carbonyl (C=O) groups is 1. The number of esters is 1. The quantitative estimate of drug-likeness (QED) is 0.794. The molecule has 0 amide bonds. The van der Waals surface area contributed by atoms with E-state index in [1.54, 1.807) is 19.2 Å². The standard InChI is InChI=1S/C12H20N2O4S2/c1-8-7-19-10(12(15)18-5)11(8)20(16,17)13-9(2)6-14(3)4/h7,9,13H,6H2,1-5H3. The summed E-state index contributed by atoms with van der Waals surface area (Å²) < 4.78 is 32.0. The van der Waals surface area contributed by atoms with E-state index in [2.05, 4.69) is 9.46 Å². The van der Waals surface area contributed by atoms with Gasteiger partial charge in [-0.2, -0.15) is 0 Å². The smallest absolute Gasteiger partial charge is 0.349 e. The highest BCUT2D eigenvalue weighted by Crippen LogP contribution is 2.27. The highest BCUT2D eigenvalue weighted by molar-refractivity contribution is 7.89. The lowest BCUT2D eigenvalue weighted by Gasteiger charge is -2.18. The van der Waals surface area contributed by atoms with Gasteiger partial charge in [-0.25, -0.2) is 17.9 Å². The van der Waals surface area contributed by atoms with Crippen LogP contribution in [0.1, 0.15) is 22.2 Å². The number of ether oxygens (including phenoxy) is 1. The van der Waals surface area contributed by atoms with Crippen molar-refractivity contribution in [3.05, 3.63) is 15.8 Å². The number of methoxy groups -OCH3 is 1. The molecule has 0 spiro atoms. The number of nitrogens with zero attached hydrogens (tertiary/aromatic N) is 1. The highest BCUT2D eigenvalue weighted by atomic mass is 32.2. The Kier molecular flexibility index (Phi) is 5.69. The molecule has 0 aliphatic rings. The van der Waals surface area contributed by atoms with Crippen LogP contribution in [-0.4, -0.2) is 53.1 Å². The summed E-state index contributed by atoms with van der Waals surface area (Å²) >= 11 is 1.07. The van der Waals surface area contributed by atoms with Crippen LogP contribution in [0, 0.1) is 6.92 Å². The Morgan fingerprint density at radius 2 is 2.10 bits per heavy atom. The van der Waals surface area contributed by atoms with Gasteiger partial charge in [0.15, 0.2) is 0 Å². The molecule has 1 rings (SSSR count). The zero-order valence-corrected chi connectivity index (χ0v) is 13.9. The molecular formula is C12H20N2O4S2. The molecule has 0 aliphatic carbocycles. The van der Waals surface area contributed by atoms with Gasteiger partial charge in [-0.05, 0) is 38.9 Å². The lowest BCUT2D eigenvalue weighted by atomic mass is 10.3. The van der Waals surface area contributed by atoms with Crippen molar-refractivity contribution < 1.29 is 17.9 Å². The molecule has 0 bridgehead atoms. The van der Waals surface area contributed by atoms with Gasteiger partial charge in [0.1, 0.15) is 9.77 Å². The molecule has 1 unspecified atom stereocenters. The first kappa shape index (κ1) is 17.1. The zero-order chi connectivity index (χ0) is 15.5. The number of rotatable bonds is 6. The van der Waals surface area contributed by atoms with E-state index in [1.165, 1.54) is 7.11 Å². The second-order valence-electron chi connectivity index (χ2n) is 4.85. The molecule has 1 aromatic heterocycles. The Balaban J connectivity index is 3.10. The predicted octanol–water partition coefficient (Wildman–Crippen LogP) is 1.07. The van der Waals surface area contributed by atoms with Gasteiger partial charge in [-0.3, -0.25) is 0 Å². The first-order valence-electron chi connectivity index (χ1n) is 6.02. The van der Waals surface area contributed by atoms with Crippen LogP contribution in [-0.2, 0) is 14.8 Å². The van der Waals surface area contributed by atoms with Crippen molar-refractivity contribution in [1.29, 1.82) is 0 Å². The maximum absolute atomic E-state index is 12.4. The van der Waals surface area contributed by atoms with Crippen molar-refractivity contribution in [2.24, 2.45) is 0 Å². The SMILES string of the molecule is COC(=O)c1scc(C)c1S(=O)(=O)NC(C)CN(C)C. The predicted molar refractivity (Wildman–Crippen MR) is 78.7 cm³/mol. The van der Waals surface area contributed by atoms with Crippen LogP contribution in [0.5, 0.6) is 0 Å². The van der Waals surface area contributed by atoms with Crippen molar-refractivity contribution in [1.82, 2.24) is 9.62 Å². The van der Waals surface area contributed by atoms with Crippen LogP contribution in [0.15, 0.2) is 10.3 Å². The molecule has 0 fully saturated rings. The third-order valence-electron chi connectivity index (χ3n) is 2.55. The number of carbonyl (C=O) groups excluding carboxylic acids is 1. The Labute approximate surface area is 123 Å². The molecule has 0 aliphatic heterocycles. The molecule has 0 radical (unpaired) electrons. The largest absolute Gasteiger partial charge is 0.465 e. The van der Waals surface area contributed by atoms with E-state index in [4.69, 9.17) is 0 Å². The van der Waals surface area contributed by atoms with Crippen LogP contribution in [0.3, 0.4) is 0 Å². The maximum Gasteiger partial charge on any atom is 0.349 e. The van der Waals surface area contributed by atoms with Gasteiger partial charge in [0.25, 0.3) is 0 Å². The fraction of sp³-hybridized carbons (Fsp3) is 0.583. The fourth-order valence-corrected chi connectivity index (χ4v) is 4.85. The van der Waals surface area contributed by atoms with E-state index in [0.29, 0.717) is 12.1 Å². The third-order valence-corrected chi connectivity index (χ3v) is 5.54. The van der Waals surface area contributed by atoms with E-state index in [0.717, 1.165) is 11.3 Å². The molecule has 0 saturated heterocycles. The fourth-order valence-electron chi connectivity index (χ4n) is 1.91. The average molecular weight is 320 g/mol. The minimum Gasteiger partial charge on any atom is -0.465 e. The van der Waals surface area contributed by atoms with E-state index in [-0.39, 0.29) is 15.8 Å². The van der Waals surface area contributed by atoms with Gasteiger partial charge in [-0.1, -0.05) is 0 Å². The van der Waals surface area contributed by atoms with E-state index < -0.39 is 16.0 Å². The van der Waals surface area contributed by atoms with Crippen LogP contribution in [0.25, 0.3) is 0 Å². The zero-order valence-electron chi connectivity index (χ0n) is 12.3. The summed E-state index contributed by atoms with van der Waals surface area (Å²) in [7, 11) is 1.21. The number of aryl methyl sites for hydroxylation is 1. The van der Waals surface area contributed by atoms with Crippen molar-refractivity contribution in [3.8, 4) is 0 Å². The summed E-state index contributed by atoms with van der Waals surface area (Å²) in [5, 5.41) is 1.64. The lowest BCUT2D eigenvalue weighted by Crippen LogP contribution is -2.39. The lowest BCUT2D eigenvalue weighted by molar-refractivity contribution is 0.0602. The Bertz CT molecular complexity index is 578. The van der Waals surface area contributed by atoms with Crippen LogP contribution in [0.2, 0.25) is 0 Å². The van der Waals surface area contributed by atoms with E-state index in [1.807, 2.05) is 19.0 Å². The van der Waals surface area contributed by atoms with Gasteiger partial charge >= 0.3 is 5.97 Å². The number of hydrogen-bond acceptors (Lipinski definition) is 6. The number of sulfonamides is 1. The van der Waals surface area contributed by atoms with Gasteiger partial charge < -0.3 is 9.64 Å². The Morgan fingerprint density at radius 3 is 2.60 bits per heavy atom. The minimum atomic E-state index is -3.75. The third kappa shape index (κ3) is 4.02. The molecule has 0 saturated carbocycles. The molecule has 1 N–H and O–H groups in total. The second-order valence-corrected chi connectivity index (χ2v) is 7.38. The van der Waals surface area contributed by atoms with Crippen molar-refractivity contribution in [2.45, 2.75) is 24.8 Å². The molecule has 1 aromatic rings. The molecule has 0 aromatic carbocycles. The average Bonchev–Trinajstić information content (AvgIpc) is 2.68. The summed E-state index contributed by atoms with van der Waals surface area (Å²) in [6.07, 6.45) is 0. The van der Waals surface area contributed by atoms with Crippen LogP contribution in [0.4, 0.5) is 0 Å². The minimum absolute atomic E-state index is 0.0138. The Morgan fingerprint density at radius 1 is 1.50 bits per heavy atom. The summed E-state index contributed by atoms with van der Waals surface area (Å²) in [6, 6.07) is -0.264. The van der Waals surface area contributed by atoms with Crippen molar-refractivity contribution in [3.63, 3.8) is 0 Å².